The fraction of sp³-hybridized carbons (Fsp3) is 0.185. The van der Waals surface area contributed by atoms with E-state index in [1.165, 1.54) is 14.8 Å². The van der Waals surface area contributed by atoms with Gasteiger partial charge in [0.15, 0.2) is 0 Å². The number of primary amides is 1. The predicted octanol–water partition coefficient (Wildman–Crippen LogP) is 3.05. The summed E-state index contributed by atoms with van der Waals surface area (Å²) in [6.07, 6.45) is 0. The van der Waals surface area contributed by atoms with Gasteiger partial charge in [0.1, 0.15) is 0 Å². The largest absolute Gasteiger partial charge is 0.366 e. The van der Waals surface area contributed by atoms with Gasteiger partial charge in [0, 0.05) is 18.5 Å². The summed E-state index contributed by atoms with van der Waals surface area (Å²) in [5.74, 6) is -0.0154. The Morgan fingerprint density at radius 2 is 1.77 bits per heavy atom. The van der Waals surface area contributed by atoms with Crippen LogP contribution in [0.4, 0.5) is 5.95 Å². The minimum absolute atomic E-state index is 0.0337. The number of nitrogens with two attached hydrogens (primary N) is 1. The lowest BCUT2D eigenvalue weighted by atomic mass is 9.90. The van der Waals surface area contributed by atoms with Gasteiger partial charge in [-0.25, -0.2) is 14.5 Å². The molecule has 8 heteroatoms. The Morgan fingerprint density at radius 1 is 1.03 bits per heavy atom. The third-order valence-electron chi connectivity index (χ3n) is 6.26. The molecular weight excluding hydrogens is 440 g/mol. The second kappa shape index (κ2) is 9.06. The highest BCUT2D eigenvalue weighted by Gasteiger charge is 2.32. The second-order valence-electron chi connectivity index (χ2n) is 8.76. The van der Waals surface area contributed by atoms with Crippen molar-refractivity contribution in [3.8, 4) is 0 Å². The van der Waals surface area contributed by atoms with Crippen molar-refractivity contribution in [3.05, 3.63) is 117 Å². The van der Waals surface area contributed by atoms with Gasteiger partial charge in [-0.3, -0.25) is 9.36 Å². The van der Waals surface area contributed by atoms with E-state index < -0.39 is 5.91 Å². The molecule has 176 valence electrons. The molecule has 1 unspecified atom stereocenters. The van der Waals surface area contributed by atoms with Crippen molar-refractivity contribution in [1.82, 2.24) is 14.3 Å². The smallest absolute Gasteiger partial charge is 0.347 e. The van der Waals surface area contributed by atoms with Crippen molar-refractivity contribution < 1.29 is 4.79 Å². The Kier molecular flexibility index (Phi) is 5.78. The molecule has 1 atom stereocenters. The number of anilines is 1. The van der Waals surface area contributed by atoms with E-state index >= 15 is 0 Å². The molecule has 0 aliphatic carbocycles. The van der Waals surface area contributed by atoms with Crippen LogP contribution in [0.25, 0.3) is 0 Å². The molecule has 4 aromatic rings. The number of carbonyl (C=O) groups excluding carboxylic acids is 1. The topological polar surface area (TPSA) is 98.5 Å². The fourth-order valence-corrected chi connectivity index (χ4v) is 4.36. The first kappa shape index (κ1) is 22.3. The summed E-state index contributed by atoms with van der Waals surface area (Å²) < 4.78 is 2.88. The number of amides is 1. The maximum Gasteiger partial charge on any atom is 0.347 e. The Balaban J connectivity index is 1.51. The highest BCUT2D eigenvalue weighted by Crippen LogP contribution is 2.31. The summed E-state index contributed by atoms with van der Waals surface area (Å²) >= 11 is 0. The maximum atomic E-state index is 13.0. The Morgan fingerprint density at radius 3 is 2.49 bits per heavy atom. The number of nitrogens with zero attached hydrogens (tertiary/aromatic N) is 5. The molecule has 2 N–H and O–H groups in total. The van der Waals surface area contributed by atoms with Gasteiger partial charge in [-0.2, -0.15) is 5.10 Å². The monoisotopic (exact) mass is 466 g/mol. The van der Waals surface area contributed by atoms with Crippen LogP contribution in [0.2, 0.25) is 0 Å². The van der Waals surface area contributed by atoms with Crippen LogP contribution in [0.5, 0.6) is 0 Å². The van der Waals surface area contributed by atoms with Gasteiger partial charge in [0.05, 0.1) is 18.8 Å². The van der Waals surface area contributed by atoms with Crippen LogP contribution < -0.4 is 16.4 Å². The van der Waals surface area contributed by atoms with E-state index in [0.717, 1.165) is 22.4 Å². The molecule has 0 fully saturated rings. The quantitative estimate of drug-likeness (QED) is 0.472. The number of carbonyl (C=O) groups is 1. The minimum Gasteiger partial charge on any atom is -0.366 e. The molecule has 5 rings (SSSR count). The summed E-state index contributed by atoms with van der Waals surface area (Å²) in [6.45, 7) is 2.84. The zero-order valence-corrected chi connectivity index (χ0v) is 19.6. The number of benzene rings is 3. The lowest BCUT2D eigenvalue weighted by molar-refractivity contribution is 0.1000. The molecule has 1 aliphatic heterocycles. The van der Waals surface area contributed by atoms with Crippen LogP contribution in [-0.4, -0.2) is 32.5 Å². The highest BCUT2D eigenvalue weighted by atomic mass is 16.2. The number of aryl methyl sites for hydroxylation is 1. The van der Waals surface area contributed by atoms with Crippen molar-refractivity contribution >= 4 is 17.6 Å². The van der Waals surface area contributed by atoms with E-state index in [1.807, 2.05) is 24.3 Å². The second-order valence-corrected chi connectivity index (χ2v) is 8.76. The first-order chi connectivity index (χ1) is 16.9. The van der Waals surface area contributed by atoms with Gasteiger partial charge in [-0.05, 0) is 35.7 Å². The summed E-state index contributed by atoms with van der Waals surface area (Å²) in [4.78, 5) is 24.5. The average molecular weight is 467 g/mol. The van der Waals surface area contributed by atoms with Gasteiger partial charge in [-0.1, -0.05) is 72.3 Å². The number of hydrazone groups is 1. The molecule has 35 heavy (non-hydrogen) atoms. The van der Waals surface area contributed by atoms with E-state index in [9.17, 15) is 9.59 Å². The van der Waals surface area contributed by atoms with Crippen molar-refractivity contribution in [3.63, 3.8) is 0 Å². The van der Waals surface area contributed by atoms with Crippen LogP contribution in [0.1, 0.15) is 38.5 Å². The third-order valence-corrected chi connectivity index (χ3v) is 6.26. The molecule has 1 aromatic heterocycles. The van der Waals surface area contributed by atoms with Crippen LogP contribution in [0.3, 0.4) is 0 Å². The summed E-state index contributed by atoms with van der Waals surface area (Å²) in [5, 5.41) is 11.3. The number of hydrogen-bond donors (Lipinski definition) is 1. The van der Waals surface area contributed by atoms with Gasteiger partial charge in [0.2, 0.25) is 11.9 Å². The Hall–Kier alpha value is -4.46. The van der Waals surface area contributed by atoms with Crippen LogP contribution in [0, 0.1) is 6.92 Å². The third kappa shape index (κ3) is 4.38. The number of rotatable bonds is 6. The molecule has 0 bridgehead atoms. The normalized spacial score (nSPS) is 15.3. The standard InChI is InChI=1S/C27H26N6O2/c1-18-11-13-21(14-12-18)24-23(20-8-4-3-5-9-20)17-32(29-24)26-30-33(27(35)31(26)2)16-19-7-6-10-22(15-19)25(28)34/h3-15,23H,16-17H2,1-2H3,(H2,28,34). The van der Waals surface area contributed by atoms with Gasteiger partial charge < -0.3 is 5.73 Å². The zero-order valence-electron chi connectivity index (χ0n) is 19.6. The fourth-order valence-electron chi connectivity index (χ4n) is 4.36. The molecule has 0 radical (unpaired) electrons. The molecule has 2 heterocycles. The first-order valence-corrected chi connectivity index (χ1v) is 11.4. The molecule has 0 saturated heterocycles. The summed E-state index contributed by atoms with van der Waals surface area (Å²) in [5.41, 5.74) is 10.6. The molecular formula is C27H26N6O2. The van der Waals surface area contributed by atoms with Gasteiger partial charge in [0.25, 0.3) is 0 Å². The lowest BCUT2D eigenvalue weighted by Crippen LogP contribution is -2.25. The van der Waals surface area contributed by atoms with Crippen molar-refractivity contribution in [1.29, 1.82) is 0 Å². The van der Waals surface area contributed by atoms with E-state index in [0.29, 0.717) is 18.1 Å². The molecule has 0 saturated carbocycles. The van der Waals surface area contributed by atoms with Gasteiger partial charge >= 0.3 is 5.69 Å². The first-order valence-electron chi connectivity index (χ1n) is 11.4. The maximum absolute atomic E-state index is 13.0. The molecule has 3 aromatic carbocycles. The predicted molar refractivity (Wildman–Crippen MR) is 136 cm³/mol. The Bertz CT molecular complexity index is 1470. The molecule has 1 aliphatic rings. The zero-order chi connectivity index (χ0) is 24.5. The van der Waals surface area contributed by atoms with Crippen molar-refractivity contribution in [2.24, 2.45) is 17.9 Å². The van der Waals surface area contributed by atoms with Gasteiger partial charge in [-0.15, -0.1) is 5.10 Å². The lowest BCUT2D eigenvalue weighted by Gasteiger charge is -2.15. The van der Waals surface area contributed by atoms with E-state index in [1.54, 1.807) is 30.3 Å². The highest BCUT2D eigenvalue weighted by molar-refractivity contribution is 6.07. The molecule has 1 amide bonds. The van der Waals surface area contributed by atoms with Crippen LogP contribution in [0.15, 0.2) is 88.8 Å². The summed E-state index contributed by atoms with van der Waals surface area (Å²) in [6, 6.07) is 25.5. The number of hydrogen-bond acceptors (Lipinski definition) is 5. The molecule has 0 spiro atoms. The average Bonchev–Trinajstić information content (AvgIpc) is 3.42. The number of aromatic nitrogens is 3. The minimum atomic E-state index is -0.511. The van der Waals surface area contributed by atoms with Crippen LogP contribution in [-0.2, 0) is 13.6 Å². The summed E-state index contributed by atoms with van der Waals surface area (Å²) in [7, 11) is 1.69. The molecule has 8 nitrogen and oxygen atoms in total. The van der Waals surface area contributed by atoms with Crippen molar-refractivity contribution in [2.75, 3.05) is 11.6 Å². The van der Waals surface area contributed by atoms with E-state index in [2.05, 4.69) is 48.4 Å². The SMILES string of the molecule is Cc1ccc(C2=NN(c3nn(Cc4cccc(C(N)=O)c4)c(=O)n3C)CC2c2ccccc2)cc1. The van der Waals surface area contributed by atoms with Crippen molar-refractivity contribution in [2.45, 2.75) is 19.4 Å². The Labute approximate surface area is 202 Å². The van der Waals surface area contributed by atoms with E-state index in [4.69, 9.17) is 10.8 Å². The van der Waals surface area contributed by atoms with Crippen LogP contribution >= 0.6 is 0 Å². The van der Waals surface area contributed by atoms with E-state index in [-0.39, 0.29) is 18.2 Å².